The lowest BCUT2D eigenvalue weighted by Crippen LogP contribution is -2.36. The second kappa shape index (κ2) is 4.46. The van der Waals surface area contributed by atoms with Crippen LogP contribution in [0.2, 0.25) is 0 Å². The third-order valence-corrected chi connectivity index (χ3v) is 3.35. The molecule has 0 bridgehead atoms. The smallest absolute Gasteiger partial charge is 0.231 e. The van der Waals surface area contributed by atoms with Crippen LogP contribution in [0.1, 0.15) is 5.56 Å². The van der Waals surface area contributed by atoms with E-state index in [1.165, 1.54) is 0 Å². The SMILES string of the molecule is CS(=O)(=O)NCCN1C(=O)Cc2ccccc21. The molecule has 1 aliphatic heterocycles. The van der Waals surface area contributed by atoms with Crippen molar-refractivity contribution in [1.29, 1.82) is 0 Å². The summed E-state index contributed by atoms with van der Waals surface area (Å²) in [6.07, 6.45) is 1.50. The quantitative estimate of drug-likeness (QED) is 0.830. The molecular weight excluding hydrogens is 240 g/mol. The fourth-order valence-electron chi connectivity index (χ4n) is 1.90. The highest BCUT2D eigenvalue weighted by atomic mass is 32.2. The topological polar surface area (TPSA) is 66.5 Å². The van der Waals surface area contributed by atoms with Crippen molar-refractivity contribution >= 4 is 21.6 Å². The van der Waals surface area contributed by atoms with E-state index in [2.05, 4.69) is 4.72 Å². The molecule has 0 saturated heterocycles. The molecule has 1 N–H and O–H groups in total. The molecule has 0 unspecified atom stereocenters. The number of rotatable bonds is 4. The first kappa shape index (κ1) is 12.1. The molecule has 0 atom stereocenters. The lowest BCUT2D eigenvalue weighted by atomic mass is 10.2. The largest absolute Gasteiger partial charge is 0.311 e. The van der Waals surface area contributed by atoms with Gasteiger partial charge in [0.05, 0.1) is 12.7 Å². The number of nitrogens with one attached hydrogen (secondary N) is 1. The average molecular weight is 254 g/mol. The molecule has 1 aliphatic rings. The summed E-state index contributed by atoms with van der Waals surface area (Å²) in [5, 5.41) is 0. The number of para-hydroxylation sites is 1. The molecule has 0 saturated carbocycles. The summed E-state index contributed by atoms with van der Waals surface area (Å²) in [7, 11) is -3.20. The molecule has 0 radical (unpaired) electrons. The van der Waals surface area contributed by atoms with E-state index in [0.29, 0.717) is 13.0 Å². The minimum atomic E-state index is -3.20. The van der Waals surface area contributed by atoms with Gasteiger partial charge in [0.15, 0.2) is 0 Å². The van der Waals surface area contributed by atoms with Crippen LogP contribution in [0.15, 0.2) is 24.3 Å². The molecule has 92 valence electrons. The number of sulfonamides is 1. The van der Waals surface area contributed by atoms with Crippen molar-refractivity contribution in [3.8, 4) is 0 Å². The normalized spacial score (nSPS) is 15.1. The molecule has 1 heterocycles. The van der Waals surface area contributed by atoms with Gasteiger partial charge in [-0.1, -0.05) is 18.2 Å². The summed E-state index contributed by atoms with van der Waals surface area (Å²) < 4.78 is 24.2. The van der Waals surface area contributed by atoms with Gasteiger partial charge in [-0.25, -0.2) is 13.1 Å². The maximum atomic E-state index is 11.7. The monoisotopic (exact) mass is 254 g/mol. The zero-order chi connectivity index (χ0) is 12.5. The standard InChI is InChI=1S/C11H14N2O3S/c1-17(15,16)12-6-7-13-10-5-3-2-4-9(10)8-11(13)14/h2-5,12H,6-8H2,1H3. The van der Waals surface area contributed by atoms with E-state index in [9.17, 15) is 13.2 Å². The molecule has 0 spiro atoms. The summed E-state index contributed by atoms with van der Waals surface area (Å²) in [4.78, 5) is 13.4. The van der Waals surface area contributed by atoms with Crippen LogP contribution in [0, 0.1) is 0 Å². The molecule has 17 heavy (non-hydrogen) atoms. The Morgan fingerprint density at radius 1 is 1.35 bits per heavy atom. The maximum absolute atomic E-state index is 11.7. The van der Waals surface area contributed by atoms with Gasteiger partial charge in [0, 0.05) is 18.8 Å². The van der Waals surface area contributed by atoms with Gasteiger partial charge in [0.25, 0.3) is 0 Å². The first-order valence-corrected chi connectivity index (χ1v) is 7.19. The Labute approximate surface area is 100 Å². The van der Waals surface area contributed by atoms with E-state index in [4.69, 9.17) is 0 Å². The lowest BCUT2D eigenvalue weighted by molar-refractivity contribution is -0.117. The van der Waals surface area contributed by atoms with Crippen molar-refractivity contribution in [2.45, 2.75) is 6.42 Å². The summed E-state index contributed by atoms with van der Waals surface area (Å²) in [5.74, 6) is 0.0153. The Bertz CT molecular complexity index is 539. The summed E-state index contributed by atoms with van der Waals surface area (Å²) in [6, 6.07) is 7.55. The van der Waals surface area contributed by atoms with Gasteiger partial charge in [-0.05, 0) is 11.6 Å². The average Bonchev–Trinajstić information content (AvgIpc) is 2.54. The van der Waals surface area contributed by atoms with Gasteiger partial charge < -0.3 is 4.90 Å². The van der Waals surface area contributed by atoms with Crippen LogP contribution in [0.5, 0.6) is 0 Å². The first-order valence-electron chi connectivity index (χ1n) is 5.30. The van der Waals surface area contributed by atoms with Crippen LogP contribution in [0.4, 0.5) is 5.69 Å². The molecule has 0 aliphatic carbocycles. The van der Waals surface area contributed by atoms with Gasteiger partial charge in [-0.3, -0.25) is 4.79 Å². The Balaban J connectivity index is 2.05. The van der Waals surface area contributed by atoms with Crippen LogP contribution < -0.4 is 9.62 Å². The zero-order valence-corrected chi connectivity index (χ0v) is 10.3. The third-order valence-electron chi connectivity index (χ3n) is 2.62. The van der Waals surface area contributed by atoms with Crippen LogP contribution in [-0.4, -0.2) is 33.7 Å². The summed E-state index contributed by atoms with van der Waals surface area (Å²) in [5.41, 5.74) is 1.88. The second-order valence-electron chi connectivity index (χ2n) is 4.02. The molecule has 0 aromatic heterocycles. The minimum absolute atomic E-state index is 0.0153. The van der Waals surface area contributed by atoms with Crippen molar-refractivity contribution in [3.05, 3.63) is 29.8 Å². The fourth-order valence-corrected chi connectivity index (χ4v) is 2.37. The van der Waals surface area contributed by atoms with Crippen LogP contribution in [0.25, 0.3) is 0 Å². The predicted molar refractivity (Wildman–Crippen MR) is 65.3 cm³/mol. The van der Waals surface area contributed by atoms with Crippen LogP contribution >= 0.6 is 0 Å². The Morgan fingerprint density at radius 2 is 2.06 bits per heavy atom. The minimum Gasteiger partial charge on any atom is -0.311 e. The molecular formula is C11H14N2O3S. The van der Waals surface area contributed by atoms with E-state index >= 15 is 0 Å². The van der Waals surface area contributed by atoms with E-state index in [1.54, 1.807) is 4.90 Å². The van der Waals surface area contributed by atoms with Crippen molar-refractivity contribution in [2.24, 2.45) is 0 Å². The van der Waals surface area contributed by atoms with E-state index in [0.717, 1.165) is 17.5 Å². The predicted octanol–water partition coefficient (Wildman–Crippen LogP) is 0.125. The number of hydrogen-bond donors (Lipinski definition) is 1. The second-order valence-corrected chi connectivity index (χ2v) is 5.85. The molecule has 5 nitrogen and oxygen atoms in total. The first-order chi connectivity index (χ1) is 7.97. The van der Waals surface area contributed by atoms with E-state index in [-0.39, 0.29) is 12.5 Å². The van der Waals surface area contributed by atoms with Crippen LogP contribution in [0.3, 0.4) is 0 Å². The van der Waals surface area contributed by atoms with Crippen LogP contribution in [-0.2, 0) is 21.2 Å². The van der Waals surface area contributed by atoms with Crippen molar-refractivity contribution in [1.82, 2.24) is 4.72 Å². The number of fused-ring (bicyclic) bond motifs is 1. The van der Waals surface area contributed by atoms with Crippen molar-refractivity contribution in [3.63, 3.8) is 0 Å². The van der Waals surface area contributed by atoms with Gasteiger partial charge in [-0.15, -0.1) is 0 Å². The lowest BCUT2D eigenvalue weighted by Gasteiger charge is -2.17. The molecule has 2 rings (SSSR count). The number of carbonyl (C=O) groups excluding carboxylic acids is 1. The fraction of sp³-hybridized carbons (Fsp3) is 0.364. The number of anilines is 1. The van der Waals surface area contributed by atoms with Crippen molar-refractivity contribution in [2.75, 3.05) is 24.2 Å². The number of carbonyl (C=O) groups is 1. The Kier molecular flexibility index (Phi) is 3.17. The number of benzene rings is 1. The molecule has 6 heteroatoms. The molecule has 1 aromatic rings. The van der Waals surface area contributed by atoms with E-state index < -0.39 is 10.0 Å². The molecule has 1 aromatic carbocycles. The van der Waals surface area contributed by atoms with E-state index in [1.807, 2.05) is 24.3 Å². The zero-order valence-electron chi connectivity index (χ0n) is 9.51. The maximum Gasteiger partial charge on any atom is 0.231 e. The highest BCUT2D eigenvalue weighted by Crippen LogP contribution is 2.27. The Morgan fingerprint density at radius 3 is 2.76 bits per heavy atom. The number of hydrogen-bond acceptors (Lipinski definition) is 3. The third kappa shape index (κ3) is 2.83. The summed E-state index contributed by atoms with van der Waals surface area (Å²) >= 11 is 0. The van der Waals surface area contributed by atoms with Gasteiger partial charge in [0.1, 0.15) is 0 Å². The van der Waals surface area contributed by atoms with Crippen molar-refractivity contribution < 1.29 is 13.2 Å². The van der Waals surface area contributed by atoms with Gasteiger partial charge in [-0.2, -0.15) is 0 Å². The Hall–Kier alpha value is -1.40. The van der Waals surface area contributed by atoms with Gasteiger partial charge in [0.2, 0.25) is 15.9 Å². The number of nitrogens with zero attached hydrogens (tertiary/aromatic N) is 1. The highest BCUT2D eigenvalue weighted by Gasteiger charge is 2.26. The highest BCUT2D eigenvalue weighted by molar-refractivity contribution is 7.88. The number of amides is 1. The molecule has 1 amide bonds. The summed E-state index contributed by atoms with van der Waals surface area (Å²) in [6.45, 7) is 0.599. The molecule has 0 fully saturated rings. The van der Waals surface area contributed by atoms with Gasteiger partial charge >= 0.3 is 0 Å².